The molecule has 0 atom stereocenters. The minimum atomic E-state index is -0.478. The predicted octanol–water partition coefficient (Wildman–Crippen LogP) is 3.95. The molecule has 2 heterocycles. The van der Waals surface area contributed by atoms with Gasteiger partial charge in [0.05, 0.1) is 5.52 Å². The highest BCUT2D eigenvalue weighted by Crippen LogP contribution is 2.18. The number of aromatic nitrogens is 2. The summed E-state index contributed by atoms with van der Waals surface area (Å²) in [5, 5.41) is 3.21. The summed E-state index contributed by atoms with van der Waals surface area (Å²) >= 11 is 0. The van der Waals surface area contributed by atoms with Crippen LogP contribution in [-0.2, 0) is 0 Å². The van der Waals surface area contributed by atoms with Gasteiger partial charge in [-0.3, -0.25) is 9.59 Å². The number of nitrogens with zero attached hydrogens (tertiary/aromatic N) is 2. The van der Waals surface area contributed by atoms with E-state index in [1.54, 1.807) is 30.5 Å². The lowest BCUT2D eigenvalue weighted by Crippen LogP contribution is -2.24. The first kappa shape index (κ1) is 16.7. The van der Waals surface area contributed by atoms with Crippen LogP contribution < -0.4 is 10.7 Å². The van der Waals surface area contributed by atoms with Crippen LogP contribution in [0.4, 0.5) is 5.82 Å². The van der Waals surface area contributed by atoms with Crippen LogP contribution in [-0.4, -0.2) is 15.5 Å². The summed E-state index contributed by atoms with van der Waals surface area (Å²) < 4.78 is 1.86. The Labute approximate surface area is 155 Å². The number of pyridine rings is 2. The van der Waals surface area contributed by atoms with Crippen molar-refractivity contribution in [2.75, 3.05) is 5.32 Å². The van der Waals surface area contributed by atoms with Crippen LogP contribution in [0.3, 0.4) is 0 Å². The van der Waals surface area contributed by atoms with Gasteiger partial charge in [0.15, 0.2) is 0 Å². The maximum atomic E-state index is 12.9. The average molecular weight is 355 g/mol. The molecule has 2 aromatic carbocycles. The van der Waals surface area contributed by atoms with Crippen LogP contribution in [0.25, 0.3) is 16.6 Å². The van der Waals surface area contributed by atoms with Gasteiger partial charge >= 0.3 is 0 Å². The summed E-state index contributed by atoms with van der Waals surface area (Å²) in [6, 6.07) is 22.2. The summed E-state index contributed by atoms with van der Waals surface area (Å²) in [7, 11) is 0. The molecule has 0 aliphatic heterocycles. The number of anilines is 1. The van der Waals surface area contributed by atoms with Gasteiger partial charge in [-0.2, -0.15) is 0 Å². The van der Waals surface area contributed by atoms with E-state index >= 15 is 0 Å². The van der Waals surface area contributed by atoms with E-state index in [-0.39, 0.29) is 11.0 Å². The second-order valence-corrected chi connectivity index (χ2v) is 6.21. The van der Waals surface area contributed by atoms with Crippen molar-refractivity contribution in [3.63, 3.8) is 0 Å². The van der Waals surface area contributed by atoms with Crippen molar-refractivity contribution >= 4 is 22.6 Å². The fourth-order valence-electron chi connectivity index (χ4n) is 3.04. The normalized spacial score (nSPS) is 10.7. The van der Waals surface area contributed by atoms with Gasteiger partial charge in [-0.25, -0.2) is 4.98 Å². The van der Waals surface area contributed by atoms with Crippen molar-refractivity contribution in [2.24, 2.45) is 0 Å². The Kier molecular flexibility index (Phi) is 4.26. The number of rotatable bonds is 3. The quantitative estimate of drug-likeness (QED) is 0.605. The lowest BCUT2D eigenvalue weighted by molar-refractivity contribution is 0.102. The fourth-order valence-corrected chi connectivity index (χ4v) is 3.04. The number of amides is 1. The molecule has 4 aromatic rings. The highest BCUT2D eigenvalue weighted by atomic mass is 16.2. The summed E-state index contributed by atoms with van der Waals surface area (Å²) in [6.45, 7) is 1.84. The van der Waals surface area contributed by atoms with Crippen molar-refractivity contribution < 1.29 is 4.79 Å². The van der Waals surface area contributed by atoms with Gasteiger partial charge in [-0.15, -0.1) is 0 Å². The maximum Gasteiger partial charge on any atom is 0.262 e. The largest absolute Gasteiger partial charge is 0.315 e. The number of para-hydroxylation sites is 2. The number of carbonyl (C=O) groups excluding carboxylic acids is 1. The van der Waals surface area contributed by atoms with Crippen LogP contribution in [0.5, 0.6) is 0 Å². The Morgan fingerprint density at radius 3 is 2.44 bits per heavy atom. The minimum Gasteiger partial charge on any atom is -0.315 e. The van der Waals surface area contributed by atoms with Gasteiger partial charge in [0.1, 0.15) is 11.4 Å². The first-order valence-electron chi connectivity index (χ1n) is 8.58. The molecule has 0 spiro atoms. The van der Waals surface area contributed by atoms with E-state index < -0.39 is 5.91 Å². The third-order valence-corrected chi connectivity index (χ3v) is 4.32. The second kappa shape index (κ2) is 6.88. The first-order chi connectivity index (χ1) is 13.1. The summed E-state index contributed by atoms with van der Waals surface area (Å²) in [4.78, 5) is 30.0. The molecular formula is C22H17N3O2. The molecule has 2 aromatic heterocycles. The molecule has 0 fully saturated rings. The smallest absolute Gasteiger partial charge is 0.262 e. The van der Waals surface area contributed by atoms with E-state index in [4.69, 9.17) is 0 Å². The van der Waals surface area contributed by atoms with Crippen LogP contribution in [0, 0.1) is 6.92 Å². The van der Waals surface area contributed by atoms with E-state index in [0.717, 1.165) is 16.9 Å². The zero-order chi connectivity index (χ0) is 18.8. The number of aryl methyl sites for hydroxylation is 1. The predicted molar refractivity (Wildman–Crippen MR) is 106 cm³/mol. The number of nitrogens with one attached hydrogen (secondary N) is 1. The molecule has 1 N–H and O–H groups in total. The van der Waals surface area contributed by atoms with Gasteiger partial charge in [0.2, 0.25) is 5.43 Å². The molecule has 5 heteroatoms. The summed E-state index contributed by atoms with van der Waals surface area (Å²) in [5.74, 6) is -0.0626. The molecular weight excluding hydrogens is 338 g/mol. The molecule has 0 saturated heterocycles. The molecule has 0 radical (unpaired) electrons. The molecule has 0 bridgehead atoms. The molecule has 0 saturated carbocycles. The van der Waals surface area contributed by atoms with E-state index in [1.165, 1.54) is 0 Å². The number of carbonyl (C=O) groups is 1. The Morgan fingerprint density at radius 2 is 1.67 bits per heavy atom. The van der Waals surface area contributed by atoms with E-state index in [9.17, 15) is 9.59 Å². The SMILES string of the molecule is Cc1cccc(NC(=O)c2cn(-c3ccccc3)c3ccccc3c2=O)n1. The van der Waals surface area contributed by atoms with Gasteiger partial charge < -0.3 is 9.88 Å². The Hall–Kier alpha value is -3.73. The third-order valence-electron chi connectivity index (χ3n) is 4.32. The van der Waals surface area contributed by atoms with Crippen molar-refractivity contribution in [2.45, 2.75) is 6.92 Å². The van der Waals surface area contributed by atoms with Crippen molar-refractivity contribution in [1.82, 2.24) is 9.55 Å². The Bertz CT molecular complexity index is 1200. The summed E-state index contributed by atoms with van der Waals surface area (Å²) in [6.07, 6.45) is 1.59. The second-order valence-electron chi connectivity index (χ2n) is 6.21. The number of hydrogen-bond acceptors (Lipinski definition) is 3. The monoisotopic (exact) mass is 355 g/mol. The van der Waals surface area contributed by atoms with Gasteiger partial charge in [0, 0.05) is 23.0 Å². The molecule has 27 heavy (non-hydrogen) atoms. The lowest BCUT2D eigenvalue weighted by atomic mass is 10.1. The van der Waals surface area contributed by atoms with Gasteiger partial charge in [0.25, 0.3) is 5.91 Å². The number of benzene rings is 2. The van der Waals surface area contributed by atoms with Crippen molar-refractivity contribution in [1.29, 1.82) is 0 Å². The zero-order valence-electron chi connectivity index (χ0n) is 14.7. The Morgan fingerprint density at radius 1 is 0.926 bits per heavy atom. The van der Waals surface area contributed by atoms with Gasteiger partial charge in [-0.05, 0) is 43.3 Å². The average Bonchev–Trinajstić information content (AvgIpc) is 2.69. The van der Waals surface area contributed by atoms with E-state index in [2.05, 4.69) is 10.3 Å². The summed E-state index contributed by atoms with van der Waals surface area (Å²) in [5.41, 5.74) is 2.17. The van der Waals surface area contributed by atoms with Crippen molar-refractivity contribution in [3.8, 4) is 5.69 Å². The molecule has 1 amide bonds. The molecule has 5 nitrogen and oxygen atoms in total. The molecule has 0 unspecified atom stereocenters. The van der Waals surface area contributed by atoms with Crippen molar-refractivity contribution in [3.05, 3.63) is 100 Å². The zero-order valence-corrected chi connectivity index (χ0v) is 14.7. The highest BCUT2D eigenvalue weighted by Gasteiger charge is 2.16. The van der Waals surface area contributed by atoms with Gasteiger partial charge in [-0.1, -0.05) is 36.4 Å². The van der Waals surface area contributed by atoms with Crippen LogP contribution >= 0.6 is 0 Å². The van der Waals surface area contributed by atoms with Crippen LogP contribution in [0.2, 0.25) is 0 Å². The molecule has 0 aliphatic rings. The Balaban J connectivity index is 1.87. The molecule has 0 aliphatic carbocycles. The maximum absolute atomic E-state index is 12.9. The lowest BCUT2D eigenvalue weighted by Gasteiger charge is -2.13. The highest BCUT2D eigenvalue weighted by molar-refractivity contribution is 6.05. The molecule has 132 valence electrons. The first-order valence-corrected chi connectivity index (χ1v) is 8.58. The number of fused-ring (bicyclic) bond motifs is 1. The standard InChI is InChI=1S/C22H17N3O2/c1-15-8-7-13-20(23-15)24-22(27)18-14-25(16-9-3-2-4-10-16)19-12-6-5-11-17(19)21(18)26/h2-14H,1H3,(H,23,24,27). The van der Waals surface area contributed by atoms with Crippen LogP contribution in [0.15, 0.2) is 83.8 Å². The number of hydrogen-bond donors (Lipinski definition) is 1. The van der Waals surface area contributed by atoms with E-state index in [1.807, 2.05) is 60.0 Å². The fraction of sp³-hybridized carbons (Fsp3) is 0.0455. The minimum absolute atomic E-state index is 0.0702. The topological polar surface area (TPSA) is 64.0 Å². The van der Waals surface area contributed by atoms with Crippen LogP contribution in [0.1, 0.15) is 16.1 Å². The third kappa shape index (κ3) is 3.22. The molecule has 4 rings (SSSR count). The van der Waals surface area contributed by atoms with E-state index in [0.29, 0.717) is 11.2 Å².